The van der Waals surface area contributed by atoms with E-state index in [1.165, 1.54) is 24.8 Å². The molecule has 15 heavy (non-hydrogen) atoms. The molecule has 0 aromatic heterocycles. The van der Waals surface area contributed by atoms with Crippen molar-refractivity contribution in [3.8, 4) is 0 Å². The molecule has 0 bridgehead atoms. The van der Waals surface area contributed by atoms with Crippen LogP contribution >= 0.6 is 0 Å². The van der Waals surface area contributed by atoms with Crippen LogP contribution in [0.1, 0.15) is 26.2 Å². The second-order valence-electron chi connectivity index (χ2n) is 3.81. The average molecular weight is 203 g/mol. The van der Waals surface area contributed by atoms with Gasteiger partial charge in [-0.3, -0.25) is 0 Å². The van der Waals surface area contributed by atoms with Crippen LogP contribution in [0.4, 0.5) is 0 Å². The van der Waals surface area contributed by atoms with Crippen molar-refractivity contribution in [3.63, 3.8) is 0 Å². The molecular weight excluding hydrogens is 182 g/mol. The summed E-state index contributed by atoms with van der Waals surface area (Å²) in [7, 11) is 0. The van der Waals surface area contributed by atoms with Crippen LogP contribution in [0.5, 0.6) is 0 Å². The fourth-order valence-corrected chi connectivity index (χ4v) is 1.80. The van der Waals surface area contributed by atoms with E-state index < -0.39 is 0 Å². The SMILES string of the molecule is C=C/C=C(\C=C/C)/C=C1/CCCNCC1. The van der Waals surface area contributed by atoms with Gasteiger partial charge in [0.25, 0.3) is 0 Å². The highest BCUT2D eigenvalue weighted by molar-refractivity contribution is 5.35. The summed E-state index contributed by atoms with van der Waals surface area (Å²) in [5.41, 5.74) is 2.80. The zero-order chi connectivity index (χ0) is 10.9. The zero-order valence-electron chi connectivity index (χ0n) is 9.63. The fraction of sp³-hybridized carbons (Fsp3) is 0.429. The standard InChI is InChI=1S/C14H21N/c1-3-6-13(7-4-2)12-14-8-5-10-15-11-9-14/h3-4,6-7,12,15H,1,5,8-11H2,2H3/b7-4-,13-6+,14-12-. The second kappa shape index (κ2) is 7.24. The van der Waals surface area contributed by atoms with Crippen LogP contribution in [-0.2, 0) is 0 Å². The van der Waals surface area contributed by atoms with Gasteiger partial charge in [-0.1, -0.05) is 42.5 Å². The highest BCUT2D eigenvalue weighted by atomic mass is 14.8. The first-order valence-electron chi connectivity index (χ1n) is 5.72. The van der Waals surface area contributed by atoms with Crippen LogP contribution in [0.3, 0.4) is 0 Å². The summed E-state index contributed by atoms with van der Waals surface area (Å²) in [6, 6.07) is 0. The van der Waals surface area contributed by atoms with Gasteiger partial charge in [-0.15, -0.1) is 0 Å². The lowest BCUT2D eigenvalue weighted by atomic mass is 10.0. The molecule has 0 spiro atoms. The molecule has 1 saturated heterocycles. The third-order valence-corrected chi connectivity index (χ3v) is 2.51. The molecule has 0 unspecified atom stereocenters. The van der Waals surface area contributed by atoms with Crippen LogP contribution in [-0.4, -0.2) is 13.1 Å². The Morgan fingerprint density at radius 2 is 2.20 bits per heavy atom. The van der Waals surface area contributed by atoms with Gasteiger partial charge in [-0.2, -0.15) is 0 Å². The predicted molar refractivity (Wildman–Crippen MR) is 67.9 cm³/mol. The molecule has 0 aliphatic carbocycles. The van der Waals surface area contributed by atoms with Crippen molar-refractivity contribution in [2.75, 3.05) is 13.1 Å². The summed E-state index contributed by atoms with van der Waals surface area (Å²) in [4.78, 5) is 0. The van der Waals surface area contributed by atoms with Crippen LogP contribution < -0.4 is 5.32 Å². The first-order chi connectivity index (χ1) is 7.36. The first kappa shape index (κ1) is 12.0. The largest absolute Gasteiger partial charge is 0.316 e. The summed E-state index contributed by atoms with van der Waals surface area (Å²) in [6.45, 7) is 8.06. The zero-order valence-corrected chi connectivity index (χ0v) is 9.63. The Balaban J connectivity index is 2.71. The maximum Gasteiger partial charge on any atom is -0.00115 e. The molecule has 1 nitrogen and oxygen atoms in total. The van der Waals surface area contributed by atoms with Crippen molar-refractivity contribution >= 4 is 0 Å². The van der Waals surface area contributed by atoms with E-state index in [4.69, 9.17) is 0 Å². The highest BCUT2D eigenvalue weighted by Gasteiger charge is 2.03. The molecule has 1 N–H and O–H groups in total. The van der Waals surface area contributed by atoms with Gasteiger partial charge in [-0.05, 0) is 44.8 Å². The molecule has 1 heterocycles. The average Bonchev–Trinajstić information content (AvgIpc) is 2.47. The maximum atomic E-state index is 3.74. The molecule has 1 heteroatoms. The smallest absolute Gasteiger partial charge is 0.00115 e. The van der Waals surface area contributed by atoms with Crippen molar-refractivity contribution in [1.82, 2.24) is 5.32 Å². The number of hydrogen-bond donors (Lipinski definition) is 1. The van der Waals surface area contributed by atoms with Crippen molar-refractivity contribution in [1.29, 1.82) is 0 Å². The first-order valence-corrected chi connectivity index (χ1v) is 5.72. The van der Waals surface area contributed by atoms with Crippen LogP contribution in [0, 0.1) is 0 Å². The number of hydrogen-bond acceptors (Lipinski definition) is 1. The van der Waals surface area contributed by atoms with E-state index in [0.717, 1.165) is 13.1 Å². The summed E-state index contributed by atoms with van der Waals surface area (Å²) in [5.74, 6) is 0. The molecule has 1 aliphatic heterocycles. The van der Waals surface area contributed by atoms with E-state index in [0.29, 0.717) is 0 Å². The van der Waals surface area contributed by atoms with Crippen molar-refractivity contribution < 1.29 is 0 Å². The second-order valence-corrected chi connectivity index (χ2v) is 3.81. The molecule has 0 radical (unpaired) electrons. The molecule has 1 aliphatic rings. The third-order valence-electron chi connectivity index (χ3n) is 2.51. The molecule has 1 rings (SSSR count). The van der Waals surface area contributed by atoms with Crippen molar-refractivity contribution in [3.05, 3.63) is 48.1 Å². The Bertz CT molecular complexity index is 272. The van der Waals surface area contributed by atoms with Gasteiger partial charge in [0, 0.05) is 0 Å². The van der Waals surface area contributed by atoms with Crippen molar-refractivity contribution in [2.24, 2.45) is 0 Å². The van der Waals surface area contributed by atoms with Gasteiger partial charge < -0.3 is 5.32 Å². The van der Waals surface area contributed by atoms with Gasteiger partial charge in [-0.25, -0.2) is 0 Å². The Morgan fingerprint density at radius 3 is 2.93 bits per heavy atom. The molecule has 0 atom stereocenters. The number of nitrogens with one attached hydrogen (secondary N) is 1. The fourth-order valence-electron chi connectivity index (χ4n) is 1.80. The lowest BCUT2D eigenvalue weighted by Gasteiger charge is -2.02. The molecule has 1 fully saturated rings. The molecule has 82 valence electrons. The van der Waals surface area contributed by atoms with Gasteiger partial charge in [0.05, 0.1) is 0 Å². The van der Waals surface area contributed by atoms with Gasteiger partial charge in [0.2, 0.25) is 0 Å². The minimum atomic E-state index is 1.11. The van der Waals surface area contributed by atoms with Gasteiger partial charge in [0.1, 0.15) is 0 Å². The van der Waals surface area contributed by atoms with Crippen LogP contribution in [0.25, 0.3) is 0 Å². The monoisotopic (exact) mass is 203 g/mol. The van der Waals surface area contributed by atoms with E-state index in [2.05, 4.69) is 36.2 Å². The highest BCUT2D eigenvalue weighted by Crippen LogP contribution is 2.15. The van der Waals surface area contributed by atoms with E-state index in [-0.39, 0.29) is 0 Å². The summed E-state index contributed by atoms with van der Waals surface area (Å²) in [5, 5.41) is 3.42. The van der Waals surface area contributed by atoms with E-state index in [9.17, 15) is 0 Å². The number of allylic oxidation sites excluding steroid dienone is 6. The van der Waals surface area contributed by atoms with Crippen molar-refractivity contribution in [2.45, 2.75) is 26.2 Å². The van der Waals surface area contributed by atoms with Gasteiger partial charge in [0.15, 0.2) is 0 Å². The lowest BCUT2D eigenvalue weighted by molar-refractivity contribution is 0.703. The normalized spacial score (nSPS) is 21.9. The molecule has 0 aromatic rings. The number of rotatable bonds is 3. The predicted octanol–water partition coefficient (Wildman–Crippen LogP) is 3.37. The Hall–Kier alpha value is -1.08. The molecular formula is C14H21N. The van der Waals surface area contributed by atoms with E-state index >= 15 is 0 Å². The Labute approximate surface area is 93.3 Å². The van der Waals surface area contributed by atoms with E-state index in [1.54, 1.807) is 5.57 Å². The van der Waals surface area contributed by atoms with Gasteiger partial charge >= 0.3 is 0 Å². The summed E-state index contributed by atoms with van der Waals surface area (Å²) in [6.07, 6.45) is 14.1. The Morgan fingerprint density at radius 1 is 1.33 bits per heavy atom. The summed E-state index contributed by atoms with van der Waals surface area (Å²) < 4.78 is 0. The molecule has 0 aromatic carbocycles. The lowest BCUT2D eigenvalue weighted by Crippen LogP contribution is -2.13. The summed E-state index contributed by atoms with van der Waals surface area (Å²) >= 11 is 0. The molecule has 0 saturated carbocycles. The third kappa shape index (κ3) is 4.80. The Kier molecular flexibility index (Phi) is 5.79. The minimum Gasteiger partial charge on any atom is -0.316 e. The molecule has 0 amide bonds. The van der Waals surface area contributed by atoms with E-state index in [1.807, 2.05) is 13.0 Å². The quantitative estimate of drug-likeness (QED) is 0.693. The topological polar surface area (TPSA) is 12.0 Å². The van der Waals surface area contributed by atoms with Crippen LogP contribution in [0.2, 0.25) is 0 Å². The van der Waals surface area contributed by atoms with Crippen LogP contribution in [0.15, 0.2) is 48.1 Å². The minimum absolute atomic E-state index is 1.11. The maximum absolute atomic E-state index is 3.74.